The van der Waals surface area contributed by atoms with Crippen LogP contribution in [0.25, 0.3) is 11.0 Å². The summed E-state index contributed by atoms with van der Waals surface area (Å²) >= 11 is 1.31. The third kappa shape index (κ3) is 3.69. The minimum Gasteiger partial charge on any atom is -0.286 e. The summed E-state index contributed by atoms with van der Waals surface area (Å²) in [6.07, 6.45) is 0.362. The Bertz CT molecular complexity index is 576. The van der Waals surface area contributed by atoms with Crippen molar-refractivity contribution in [1.82, 2.24) is 14.4 Å². The molecule has 0 saturated heterocycles. The largest absolute Gasteiger partial charge is 0.286 e. The lowest BCUT2D eigenvalue weighted by Crippen LogP contribution is -2.05. The number of nitrogens with zero attached hydrogens (tertiary/aromatic N) is 3. The van der Waals surface area contributed by atoms with Crippen LogP contribution in [-0.4, -0.2) is 38.9 Å². The van der Waals surface area contributed by atoms with Crippen molar-refractivity contribution < 1.29 is 13.0 Å². The van der Waals surface area contributed by atoms with E-state index in [0.717, 1.165) is 11.0 Å². The van der Waals surface area contributed by atoms with Crippen molar-refractivity contribution in [2.45, 2.75) is 6.42 Å². The fourth-order valence-electron chi connectivity index (χ4n) is 1.29. The topological polar surface area (TPSA) is 85.1 Å². The van der Waals surface area contributed by atoms with Gasteiger partial charge in [-0.05, 0) is 30.5 Å². The molecule has 0 amide bonds. The van der Waals surface area contributed by atoms with E-state index in [1.54, 1.807) is 0 Å². The van der Waals surface area contributed by atoms with Crippen molar-refractivity contribution in [3.05, 3.63) is 24.3 Å². The Hall–Kier alpha value is -1.12. The predicted molar refractivity (Wildman–Crippen MR) is 66.4 cm³/mol. The van der Waals surface area contributed by atoms with Crippen molar-refractivity contribution in [3.63, 3.8) is 0 Å². The Morgan fingerprint density at radius 2 is 1.82 bits per heavy atom. The molecular formula is C9H11N3O3S2. The molecule has 0 bridgehead atoms. The summed E-state index contributed by atoms with van der Waals surface area (Å²) in [4.78, 5) is 0. The first-order valence-corrected chi connectivity index (χ1v) is 7.50. The van der Waals surface area contributed by atoms with Crippen molar-refractivity contribution >= 4 is 33.1 Å². The molecule has 8 heteroatoms. The minimum absolute atomic E-state index is 0.235. The molecule has 0 radical (unpaired) electrons. The van der Waals surface area contributed by atoms with Crippen molar-refractivity contribution in [2.24, 2.45) is 0 Å². The van der Waals surface area contributed by atoms with E-state index in [4.69, 9.17) is 4.55 Å². The van der Waals surface area contributed by atoms with Gasteiger partial charge in [-0.25, -0.2) is 0 Å². The van der Waals surface area contributed by atoms with E-state index in [1.165, 1.54) is 16.1 Å². The Labute approximate surface area is 103 Å². The lowest BCUT2D eigenvalue weighted by atomic mass is 10.3. The summed E-state index contributed by atoms with van der Waals surface area (Å²) in [5.74, 6) is 0.293. The maximum atomic E-state index is 10.5. The molecule has 0 aliphatic carbocycles. The number of fused-ring (bicyclic) bond motifs is 1. The molecule has 1 heterocycles. The van der Waals surface area contributed by atoms with Crippen LogP contribution < -0.4 is 0 Å². The van der Waals surface area contributed by atoms with E-state index in [9.17, 15) is 8.42 Å². The Kier molecular flexibility index (Phi) is 3.65. The molecule has 6 nitrogen and oxygen atoms in total. The summed E-state index contributed by atoms with van der Waals surface area (Å²) in [6.45, 7) is 0. The highest BCUT2D eigenvalue weighted by molar-refractivity contribution is 7.97. The van der Waals surface area contributed by atoms with Crippen molar-refractivity contribution in [2.75, 3.05) is 11.5 Å². The number of hydrogen-bond acceptors (Lipinski definition) is 5. The molecule has 0 saturated carbocycles. The second kappa shape index (κ2) is 5.03. The first-order chi connectivity index (χ1) is 8.04. The number of benzene rings is 1. The zero-order valence-corrected chi connectivity index (χ0v) is 10.5. The quantitative estimate of drug-likeness (QED) is 0.651. The molecule has 0 unspecified atom stereocenters. The molecule has 0 aliphatic rings. The van der Waals surface area contributed by atoms with Crippen molar-refractivity contribution in [3.8, 4) is 0 Å². The van der Waals surface area contributed by atoms with Crippen LogP contribution in [0.3, 0.4) is 0 Å². The van der Waals surface area contributed by atoms with Gasteiger partial charge in [0.05, 0.1) is 5.75 Å². The van der Waals surface area contributed by atoms with Crippen LogP contribution in [0.5, 0.6) is 0 Å². The zero-order chi connectivity index (χ0) is 12.3. The molecule has 2 aromatic rings. The molecule has 0 spiro atoms. The van der Waals surface area contributed by atoms with Gasteiger partial charge in [-0.1, -0.05) is 12.1 Å². The number of aromatic nitrogens is 3. The molecule has 2 rings (SSSR count). The Morgan fingerprint density at radius 1 is 1.24 bits per heavy atom. The summed E-state index contributed by atoms with van der Waals surface area (Å²) < 4.78 is 31.0. The summed E-state index contributed by atoms with van der Waals surface area (Å²) in [7, 11) is -3.87. The minimum atomic E-state index is -3.87. The third-order valence-corrected chi connectivity index (χ3v) is 3.69. The fourth-order valence-corrected chi connectivity index (χ4v) is 2.71. The third-order valence-electron chi connectivity index (χ3n) is 2.02. The highest BCUT2D eigenvalue weighted by Crippen LogP contribution is 2.12. The van der Waals surface area contributed by atoms with E-state index < -0.39 is 10.1 Å². The van der Waals surface area contributed by atoms with Gasteiger partial charge in [-0.3, -0.25) is 4.55 Å². The van der Waals surface area contributed by atoms with Gasteiger partial charge in [-0.2, -0.15) is 8.42 Å². The highest BCUT2D eigenvalue weighted by atomic mass is 32.2. The Balaban J connectivity index is 1.91. The lowest BCUT2D eigenvalue weighted by Gasteiger charge is -1.97. The molecule has 1 aromatic carbocycles. The van der Waals surface area contributed by atoms with Crippen LogP contribution >= 0.6 is 11.9 Å². The van der Waals surface area contributed by atoms with E-state index >= 15 is 0 Å². The van der Waals surface area contributed by atoms with Gasteiger partial charge in [0.25, 0.3) is 10.1 Å². The SMILES string of the molecule is O=S(=O)(O)CCCSn1nc2ccccc2n1. The van der Waals surface area contributed by atoms with E-state index in [1.807, 2.05) is 24.3 Å². The summed E-state index contributed by atoms with van der Waals surface area (Å²) in [5, 5.41) is 8.41. The maximum absolute atomic E-state index is 10.5. The van der Waals surface area contributed by atoms with Crippen molar-refractivity contribution in [1.29, 1.82) is 0 Å². The van der Waals surface area contributed by atoms with Crippen LogP contribution in [0.1, 0.15) is 6.42 Å². The molecule has 0 aliphatic heterocycles. The molecule has 92 valence electrons. The van der Waals surface area contributed by atoms with Crippen LogP contribution in [0.15, 0.2) is 24.3 Å². The first kappa shape index (κ1) is 12.3. The second-order valence-corrected chi connectivity index (χ2v) is 5.98. The van der Waals surface area contributed by atoms with Gasteiger partial charge >= 0.3 is 0 Å². The molecule has 1 aromatic heterocycles. The zero-order valence-electron chi connectivity index (χ0n) is 8.85. The average molecular weight is 273 g/mol. The van der Waals surface area contributed by atoms with Gasteiger partial charge in [-0.15, -0.1) is 14.4 Å². The molecule has 1 N–H and O–H groups in total. The van der Waals surface area contributed by atoms with E-state index in [-0.39, 0.29) is 5.75 Å². The molecule has 0 fully saturated rings. The fraction of sp³-hybridized carbons (Fsp3) is 0.333. The van der Waals surface area contributed by atoms with E-state index in [0.29, 0.717) is 12.2 Å². The van der Waals surface area contributed by atoms with Crippen LogP contribution in [0, 0.1) is 0 Å². The molecule has 17 heavy (non-hydrogen) atoms. The van der Waals surface area contributed by atoms with Gasteiger partial charge in [0.2, 0.25) is 0 Å². The number of hydrogen-bond donors (Lipinski definition) is 1. The average Bonchev–Trinajstić information content (AvgIpc) is 2.65. The smallest absolute Gasteiger partial charge is 0.264 e. The summed E-state index contributed by atoms with van der Waals surface area (Å²) in [6, 6.07) is 7.48. The van der Waals surface area contributed by atoms with Crippen LogP contribution in [0.2, 0.25) is 0 Å². The lowest BCUT2D eigenvalue weighted by molar-refractivity contribution is 0.482. The highest BCUT2D eigenvalue weighted by Gasteiger charge is 2.05. The van der Waals surface area contributed by atoms with Gasteiger partial charge in [0.15, 0.2) is 0 Å². The standard InChI is InChI=1S/C9H11N3O3S2/c13-17(14,15)7-3-6-16-12-10-8-4-1-2-5-9(8)11-12/h1-2,4-5H,3,6-7H2,(H,13,14,15). The predicted octanol–water partition coefficient (Wildman–Crippen LogP) is 1.21. The summed E-state index contributed by atoms with van der Waals surface area (Å²) in [5.41, 5.74) is 1.60. The van der Waals surface area contributed by atoms with Crippen LogP contribution in [-0.2, 0) is 10.1 Å². The monoisotopic (exact) mass is 273 g/mol. The normalized spacial score (nSPS) is 12.1. The first-order valence-electron chi connectivity index (χ1n) is 4.95. The van der Waals surface area contributed by atoms with E-state index in [2.05, 4.69) is 10.2 Å². The Morgan fingerprint density at radius 3 is 2.35 bits per heavy atom. The second-order valence-electron chi connectivity index (χ2n) is 3.41. The van der Waals surface area contributed by atoms with Crippen LogP contribution in [0.4, 0.5) is 0 Å². The van der Waals surface area contributed by atoms with Gasteiger partial charge in [0, 0.05) is 5.75 Å². The molecule has 0 atom stereocenters. The van der Waals surface area contributed by atoms with Gasteiger partial charge in [0.1, 0.15) is 11.0 Å². The maximum Gasteiger partial charge on any atom is 0.264 e. The van der Waals surface area contributed by atoms with Gasteiger partial charge < -0.3 is 0 Å². The molecular weight excluding hydrogens is 262 g/mol. The number of rotatable bonds is 5.